The fraction of sp³-hybridized carbons (Fsp3) is 0.350. The number of aromatic nitrogens is 4. The van der Waals surface area contributed by atoms with E-state index in [-0.39, 0.29) is 23.7 Å². The number of rotatable bonds is 9. The Morgan fingerprint density at radius 3 is 2.80 bits per heavy atom. The molecule has 2 N–H and O–H groups in total. The number of amides is 2. The summed E-state index contributed by atoms with van der Waals surface area (Å²) in [6.45, 7) is 0. The third-order valence-corrected chi connectivity index (χ3v) is 7.83. The third kappa shape index (κ3) is 5.28. The molecule has 3 heterocycles. The second kappa shape index (κ2) is 10.7. The van der Waals surface area contributed by atoms with Gasteiger partial charge in [0.05, 0.1) is 6.42 Å². The highest BCUT2D eigenvalue weighted by atomic mass is 35.5. The molecule has 0 bridgehead atoms. The molecule has 1 aromatic heterocycles. The lowest BCUT2D eigenvalue weighted by Gasteiger charge is -2.49. The zero-order valence-electron chi connectivity index (χ0n) is 18.2. The smallest absolute Gasteiger partial charge is 0.352 e. The number of β-lactam (4-membered cyclic amide) rings is 1. The van der Waals surface area contributed by atoms with E-state index in [0.717, 1.165) is 0 Å². The first-order chi connectivity index (χ1) is 16.8. The van der Waals surface area contributed by atoms with Gasteiger partial charge in [0.15, 0.2) is 0 Å². The maximum absolute atomic E-state index is 12.9. The van der Waals surface area contributed by atoms with Crippen LogP contribution >= 0.6 is 35.1 Å². The number of hydrogen-bond acceptors (Lipinski definition) is 10. The molecule has 0 spiro atoms. The van der Waals surface area contributed by atoms with Gasteiger partial charge in [-0.15, -0.1) is 28.5 Å². The number of benzene rings is 1. The normalized spacial score (nSPS) is 19.1. The van der Waals surface area contributed by atoms with E-state index < -0.39 is 35.2 Å². The number of ether oxygens (including phenoxy) is 1. The quantitative estimate of drug-likeness (QED) is 0.150. The molecule has 1 fully saturated rings. The lowest BCUT2D eigenvalue weighted by Crippen LogP contribution is -2.70. The minimum Gasteiger partial charge on any atom is -0.477 e. The zero-order chi connectivity index (χ0) is 25.1. The van der Waals surface area contributed by atoms with Crippen molar-refractivity contribution < 1.29 is 29.0 Å². The fourth-order valence-corrected chi connectivity index (χ4v) is 5.98. The largest absolute Gasteiger partial charge is 0.477 e. The van der Waals surface area contributed by atoms with Gasteiger partial charge in [-0.05, 0) is 22.1 Å². The van der Waals surface area contributed by atoms with Crippen molar-refractivity contribution in [3.63, 3.8) is 0 Å². The number of thioether (sulfide) groups is 2. The van der Waals surface area contributed by atoms with Crippen molar-refractivity contribution in [2.75, 3.05) is 17.4 Å². The standard InChI is InChI=1S/C20H19ClN6O6S2/c1-26-20(23-24-25-26)35-9-11-8-34-18-15(17(30)27(18)16(11)19(31)32)22-13(28)6-10-4-2-3-5-12(10)33-14(29)7-21/h2-5,15,18H,6-9H2,1H3,(H,22,28)(H,31,32)/t15?,18-/m1/s1. The van der Waals surface area contributed by atoms with Crippen molar-refractivity contribution in [1.82, 2.24) is 30.4 Å². The van der Waals surface area contributed by atoms with Crippen molar-refractivity contribution in [1.29, 1.82) is 0 Å². The van der Waals surface area contributed by atoms with Crippen LogP contribution in [0.3, 0.4) is 0 Å². The van der Waals surface area contributed by atoms with Gasteiger partial charge >= 0.3 is 11.9 Å². The van der Waals surface area contributed by atoms with Crippen LogP contribution in [0.5, 0.6) is 5.75 Å². The van der Waals surface area contributed by atoms with Crippen LogP contribution in [0, 0.1) is 0 Å². The van der Waals surface area contributed by atoms with Gasteiger partial charge in [-0.2, -0.15) is 0 Å². The van der Waals surface area contributed by atoms with Crippen molar-refractivity contribution in [2.24, 2.45) is 7.05 Å². The minimum absolute atomic E-state index is 0.0785. The molecule has 2 atom stereocenters. The Labute approximate surface area is 212 Å². The molecular formula is C20H19ClN6O6S2. The maximum atomic E-state index is 12.9. The van der Waals surface area contributed by atoms with Crippen LogP contribution in [-0.4, -0.2) is 82.8 Å². The average Bonchev–Trinajstić information content (AvgIpc) is 3.26. The topological polar surface area (TPSA) is 157 Å². The first-order valence-corrected chi connectivity index (χ1v) is 12.8. The first-order valence-electron chi connectivity index (χ1n) is 10.2. The summed E-state index contributed by atoms with van der Waals surface area (Å²) in [4.78, 5) is 50.3. The van der Waals surface area contributed by atoms with E-state index >= 15 is 0 Å². The van der Waals surface area contributed by atoms with Crippen LogP contribution < -0.4 is 10.1 Å². The number of tetrazole rings is 1. The van der Waals surface area contributed by atoms with Crippen LogP contribution in [0.4, 0.5) is 0 Å². The van der Waals surface area contributed by atoms with Gasteiger partial charge in [-0.1, -0.05) is 30.0 Å². The number of carbonyl (C=O) groups is 4. The number of carboxylic acid groups (broad SMARTS) is 1. The average molecular weight is 539 g/mol. The Hall–Kier alpha value is -3.10. The summed E-state index contributed by atoms with van der Waals surface area (Å²) >= 11 is 8.12. The van der Waals surface area contributed by atoms with Crippen LogP contribution in [-0.2, 0) is 32.6 Å². The van der Waals surface area contributed by atoms with Gasteiger partial charge in [0, 0.05) is 24.1 Å². The summed E-state index contributed by atoms with van der Waals surface area (Å²) in [5, 5.41) is 23.6. The van der Waals surface area contributed by atoms with Gasteiger partial charge in [0.1, 0.15) is 28.7 Å². The predicted octanol–water partition coefficient (Wildman–Crippen LogP) is 0.428. The summed E-state index contributed by atoms with van der Waals surface area (Å²) in [6, 6.07) is 5.65. The van der Waals surface area contributed by atoms with Crippen LogP contribution in [0.2, 0.25) is 0 Å². The number of hydrogen-bond donors (Lipinski definition) is 2. The number of fused-ring (bicyclic) bond motifs is 1. The molecule has 15 heteroatoms. The molecule has 35 heavy (non-hydrogen) atoms. The molecule has 2 aliphatic heterocycles. The Balaban J connectivity index is 1.42. The van der Waals surface area contributed by atoms with E-state index in [9.17, 15) is 24.3 Å². The van der Waals surface area contributed by atoms with Crippen molar-refractivity contribution in [3.05, 3.63) is 41.1 Å². The number of alkyl halides is 1. The minimum atomic E-state index is -1.21. The number of esters is 1. The van der Waals surface area contributed by atoms with E-state index in [2.05, 4.69) is 20.8 Å². The van der Waals surface area contributed by atoms with E-state index in [1.54, 1.807) is 31.3 Å². The Morgan fingerprint density at radius 1 is 1.34 bits per heavy atom. The van der Waals surface area contributed by atoms with E-state index in [0.29, 0.717) is 27.8 Å². The highest BCUT2D eigenvalue weighted by molar-refractivity contribution is 8.01. The number of para-hydroxylation sites is 1. The molecule has 184 valence electrons. The first kappa shape index (κ1) is 25.0. The van der Waals surface area contributed by atoms with Crippen molar-refractivity contribution >= 4 is 58.9 Å². The number of carboxylic acids is 1. The van der Waals surface area contributed by atoms with Crippen molar-refractivity contribution in [2.45, 2.75) is 23.0 Å². The zero-order valence-corrected chi connectivity index (χ0v) is 20.6. The van der Waals surface area contributed by atoms with Gasteiger partial charge in [0.25, 0.3) is 5.91 Å². The second-order valence-corrected chi connectivity index (χ2v) is 9.79. The Bertz CT molecular complexity index is 1220. The van der Waals surface area contributed by atoms with Crippen LogP contribution in [0.25, 0.3) is 0 Å². The van der Waals surface area contributed by atoms with E-state index in [1.807, 2.05) is 0 Å². The number of aryl methyl sites for hydroxylation is 1. The number of aliphatic carboxylic acids is 1. The summed E-state index contributed by atoms with van der Waals surface area (Å²) in [5.41, 5.74) is 0.942. The molecule has 0 aliphatic carbocycles. The SMILES string of the molecule is Cn1nnnc1SCC1=C(C(=O)O)N2C(=O)C(NC(=O)Cc3ccccc3OC(=O)CCl)[C@H]2SC1. The summed E-state index contributed by atoms with van der Waals surface area (Å²) < 4.78 is 6.61. The summed E-state index contributed by atoms with van der Waals surface area (Å²) in [6.07, 6.45) is -0.137. The molecule has 1 unspecified atom stereocenters. The van der Waals surface area contributed by atoms with Crippen LogP contribution in [0.15, 0.2) is 40.7 Å². The number of carbonyl (C=O) groups excluding carboxylic acids is 3. The monoisotopic (exact) mass is 538 g/mol. The van der Waals surface area contributed by atoms with Gasteiger partial charge < -0.3 is 15.2 Å². The molecule has 1 saturated heterocycles. The fourth-order valence-electron chi connectivity index (χ4n) is 3.59. The molecule has 2 amide bonds. The molecule has 2 aliphatic rings. The van der Waals surface area contributed by atoms with E-state index in [4.69, 9.17) is 16.3 Å². The molecule has 1 aromatic carbocycles. The van der Waals surface area contributed by atoms with Gasteiger partial charge in [-0.25, -0.2) is 9.48 Å². The Kier molecular flexibility index (Phi) is 7.62. The highest BCUT2D eigenvalue weighted by Gasteiger charge is 2.54. The summed E-state index contributed by atoms with van der Waals surface area (Å²) in [5.74, 6) is -2.28. The molecule has 12 nitrogen and oxygen atoms in total. The lowest BCUT2D eigenvalue weighted by molar-refractivity contribution is -0.150. The molecule has 0 radical (unpaired) electrons. The second-order valence-electron chi connectivity index (χ2n) is 7.48. The summed E-state index contributed by atoms with van der Waals surface area (Å²) in [7, 11) is 1.67. The third-order valence-electron chi connectivity index (χ3n) is 5.18. The van der Waals surface area contributed by atoms with Gasteiger partial charge in [0.2, 0.25) is 11.1 Å². The number of nitrogens with zero attached hydrogens (tertiary/aromatic N) is 5. The van der Waals surface area contributed by atoms with E-state index in [1.165, 1.54) is 33.1 Å². The van der Waals surface area contributed by atoms with Crippen molar-refractivity contribution in [3.8, 4) is 5.75 Å². The highest BCUT2D eigenvalue weighted by Crippen LogP contribution is 2.41. The lowest BCUT2D eigenvalue weighted by atomic mass is 10.0. The predicted molar refractivity (Wildman–Crippen MR) is 126 cm³/mol. The number of halogens is 1. The molecule has 2 aromatic rings. The molecular weight excluding hydrogens is 520 g/mol. The van der Waals surface area contributed by atoms with Crippen LogP contribution in [0.1, 0.15) is 5.56 Å². The number of nitrogens with one attached hydrogen (secondary N) is 1. The molecule has 4 rings (SSSR count). The Morgan fingerprint density at radius 2 is 2.11 bits per heavy atom. The maximum Gasteiger partial charge on any atom is 0.352 e. The van der Waals surface area contributed by atoms with Gasteiger partial charge in [-0.3, -0.25) is 19.3 Å². The molecule has 0 saturated carbocycles.